The van der Waals surface area contributed by atoms with Crippen molar-refractivity contribution in [2.45, 2.75) is 11.8 Å². The second-order valence-corrected chi connectivity index (χ2v) is 5.05. The van der Waals surface area contributed by atoms with E-state index in [-0.39, 0.29) is 5.56 Å². The lowest BCUT2D eigenvalue weighted by Gasteiger charge is -2.24. The van der Waals surface area contributed by atoms with Gasteiger partial charge in [-0.05, 0) is 30.2 Å². The maximum atomic E-state index is 13.9. The number of allylic oxidation sites excluding steroid dienone is 2. The summed E-state index contributed by atoms with van der Waals surface area (Å²) in [6.07, 6.45) is 3.66. The first-order chi connectivity index (χ1) is 6.50. The Balaban J connectivity index is 2.68. The minimum absolute atomic E-state index is 0.133. The molecule has 0 bridgehead atoms. The number of rotatable bonds is 0. The molecule has 14 heavy (non-hydrogen) atoms. The lowest BCUT2D eigenvalue weighted by atomic mass is 9.94. The van der Waals surface area contributed by atoms with Crippen LogP contribution in [0, 0.1) is 5.82 Å². The second-order valence-electron chi connectivity index (χ2n) is 3.30. The first kappa shape index (κ1) is 10.3. The third kappa shape index (κ3) is 1.64. The van der Waals surface area contributed by atoms with Crippen LogP contribution in [0.5, 0.6) is 0 Å². The first-order valence-corrected chi connectivity index (χ1v) is 5.51. The minimum Gasteiger partial charge on any atom is -0.230 e. The molecule has 4 heteroatoms. The number of alkyl halides is 1. The van der Waals surface area contributed by atoms with Gasteiger partial charge in [0.25, 0.3) is 0 Å². The van der Waals surface area contributed by atoms with E-state index in [0.717, 1.165) is 0 Å². The number of benzene rings is 1. The van der Waals surface area contributed by atoms with Crippen molar-refractivity contribution in [2.24, 2.45) is 0 Å². The van der Waals surface area contributed by atoms with E-state index < -0.39 is 11.2 Å². The standard InChI is InChI=1S/C10H8BrF2P/c11-7-4-6-2-1-3-10(13,14)9(6)8(12)5-7/h1,3-5H,2,14H2. The Morgan fingerprint density at radius 2 is 2.14 bits per heavy atom. The molecule has 0 N–H and O–H groups in total. The average Bonchev–Trinajstić information content (AvgIpc) is 2.00. The summed E-state index contributed by atoms with van der Waals surface area (Å²) in [6.45, 7) is 0. The fourth-order valence-electron chi connectivity index (χ4n) is 1.66. The fourth-order valence-corrected chi connectivity index (χ4v) is 2.59. The van der Waals surface area contributed by atoms with E-state index >= 15 is 0 Å². The molecular weight excluding hydrogens is 269 g/mol. The summed E-state index contributed by atoms with van der Waals surface area (Å²) in [5.74, 6) is -0.503. The van der Waals surface area contributed by atoms with Crippen molar-refractivity contribution in [3.63, 3.8) is 0 Å². The molecule has 2 atom stereocenters. The summed E-state index contributed by atoms with van der Waals surface area (Å²) in [5, 5.41) is -1.77. The van der Waals surface area contributed by atoms with Crippen molar-refractivity contribution in [2.75, 3.05) is 0 Å². The summed E-state index contributed by atoms with van der Waals surface area (Å²) in [6, 6.07) is 3.04. The normalized spacial score (nSPS) is 24.9. The molecule has 0 saturated heterocycles. The molecule has 1 aromatic carbocycles. The monoisotopic (exact) mass is 276 g/mol. The Hall–Kier alpha value is -0.270. The Morgan fingerprint density at radius 3 is 2.86 bits per heavy atom. The Labute approximate surface area is 91.7 Å². The van der Waals surface area contributed by atoms with Gasteiger partial charge in [0.05, 0.1) is 0 Å². The Morgan fingerprint density at radius 1 is 1.43 bits per heavy atom. The molecule has 0 saturated carbocycles. The Bertz CT molecular complexity index is 413. The highest BCUT2D eigenvalue weighted by molar-refractivity contribution is 9.10. The molecule has 0 aliphatic heterocycles. The molecule has 0 nitrogen and oxygen atoms in total. The number of fused-ring (bicyclic) bond motifs is 1. The van der Waals surface area contributed by atoms with Crippen molar-refractivity contribution in [3.8, 4) is 0 Å². The van der Waals surface area contributed by atoms with Gasteiger partial charge in [0.15, 0.2) is 5.41 Å². The highest BCUT2D eigenvalue weighted by Gasteiger charge is 2.31. The van der Waals surface area contributed by atoms with Crippen LogP contribution in [-0.4, -0.2) is 0 Å². The minimum atomic E-state index is -1.77. The van der Waals surface area contributed by atoms with Crippen molar-refractivity contribution in [1.82, 2.24) is 0 Å². The van der Waals surface area contributed by atoms with Gasteiger partial charge in [-0.1, -0.05) is 31.2 Å². The highest BCUT2D eigenvalue weighted by atomic mass is 79.9. The molecule has 1 aromatic rings. The van der Waals surface area contributed by atoms with Gasteiger partial charge in [-0.25, -0.2) is 8.78 Å². The van der Waals surface area contributed by atoms with Gasteiger partial charge in [0.1, 0.15) is 5.82 Å². The lowest BCUT2D eigenvalue weighted by molar-refractivity contribution is 0.346. The molecule has 2 rings (SSSR count). The quantitative estimate of drug-likeness (QED) is 0.501. The van der Waals surface area contributed by atoms with Crippen molar-refractivity contribution in [1.29, 1.82) is 0 Å². The summed E-state index contributed by atoms with van der Waals surface area (Å²) < 4.78 is 28.0. The zero-order valence-electron chi connectivity index (χ0n) is 7.23. The van der Waals surface area contributed by atoms with Crippen LogP contribution in [0.3, 0.4) is 0 Å². The number of hydrogen-bond acceptors (Lipinski definition) is 0. The zero-order chi connectivity index (χ0) is 10.3. The van der Waals surface area contributed by atoms with Crippen LogP contribution < -0.4 is 0 Å². The molecule has 1 aliphatic rings. The molecule has 2 unspecified atom stereocenters. The third-order valence-corrected chi connectivity index (χ3v) is 3.16. The van der Waals surface area contributed by atoms with Gasteiger partial charge in [0, 0.05) is 10.0 Å². The van der Waals surface area contributed by atoms with Crippen LogP contribution in [0.2, 0.25) is 0 Å². The predicted molar refractivity (Wildman–Crippen MR) is 59.4 cm³/mol. The molecule has 74 valence electrons. The zero-order valence-corrected chi connectivity index (χ0v) is 9.97. The second kappa shape index (κ2) is 3.39. The van der Waals surface area contributed by atoms with Crippen LogP contribution in [0.1, 0.15) is 11.1 Å². The molecule has 0 aromatic heterocycles. The Kier molecular flexibility index (Phi) is 2.48. The smallest absolute Gasteiger partial charge is 0.169 e. The maximum absolute atomic E-state index is 13.9. The summed E-state index contributed by atoms with van der Waals surface area (Å²) in [4.78, 5) is 0. The maximum Gasteiger partial charge on any atom is 0.169 e. The highest BCUT2D eigenvalue weighted by Crippen LogP contribution is 2.42. The third-order valence-electron chi connectivity index (χ3n) is 2.22. The fraction of sp³-hybridized carbons (Fsp3) is 0.200. The van der Waals surface area contributed by atoms with Crippen LogP contribution >= 0.6 is 25.2 Å². The summed E-state index contributed by atoms with van der Waals surface area (Å²) >= 11 is 3.19. The van der Waals surface area contributed by atoms with E-state index in [1.165, 1.54) is 12.1 Å². The molecule has 0 radical (unpaired) electrons. The molecule has 0 heterocycles. The molecule has 0 amide bonds. The average molecular weight is 277 g/mol. The van der Waals surface area contributed by atoms with Crippen molar-refractivity contribution in [3.05, 3.63) is 45.7 Å². The summed E-state index contributed by atoms with van der Waals surface area (Å²) in [5.41, 5.74) is 0.824. The van der Waals surface area contributed by atoms with E-state index in [4.69, 9.17) is 0 Å². The van der Waals surface area contributed by atoms with Crippen LogP contribution in [-0.2, 0) is 11.8 Å². The molecule has 0 fully saturated rings. The van der Waals surface area contributed by atoms with E-state index in [2.05, 4.69) is 15.9 Å². The van der Waals surface area contributed by atoms with Crippen LogP contribution in [0.15, 0.2) is 28.8 Å². The topological polar surface area (TPSA) is 0 Å². The molecular formula is C10H8BrF2P. The lowest BCUT2D eigenvalue weighted by Crippen LogP contribution is -2.16. The van der Waals surface area contributed by atoms with Gasteiger partial charge in [-0.2, -0.15) is 0 Å². The van der Waals surface area contributed by atoms with Crippen molar-refractivity contribution < 1.29 is 8.78 Å². The van der Waals surface area contributed by atoms with Gasteiger partial charge in [-0.3, -0.25) is 0 Å². The van der Waals surface area contributed by atoms with Crippen LogP contribution in [0.25, 0.3) is 0 Å². The van der Waals surface area contributed by atoms with Gasteiger partial charge >= 0.3 is 0 Å². The summed E-state index contributed by atoms with van der Waals surface area (Å²) in [7, 11) is 2.03. The van der Waals surface area contributed by atoms with E-state index in [0.29, 0.717) is 16.5 Å². The van der Waals surface area contributed by atoms with Gasteiger partial charge in [-0.15, -0.1) is 0 Å². The van der Waals surface area contributed by atoms with Crippen LogP contribution in [0.4, 0.5) is 8.78 Å². The number of hydrogen-bond donors (Lipinski definition) is 0. The van der Waals surface area contributed by atoms with Gasteiger partial charge in [0.2, 0.25) is 0 Å². The first-order valence-electron chi connectivity index (χ1n) is 4.14. The SMILES string of the molecule is Fc1cc(Br)cc2c1C(F)(P)C=CC2. The number of halogens is 3. The predicted octanol–water partition coefficient (Wildman–Crippen LogP) is 3.70. The molecule has 0 spiro atoms. The molecule has 1 aliphatic carbocycles. The van der Waals surface area contributed by atoms with Crippen molar-refractivity contribution >= 4 is 25.2 Å². The van der Waals surface area contributed by atoms with E-state index in [1.807, 2.05) is 9.24 Å². The largest absolute Gasteiger partial charge is 0.230 e. The van der Waals surface area contributed by atoms with Gasteiger partial charge < -0.3 is 0 Å². The van der Waals surface area contributed by atoms with E-state index in [1.54, 1.807) is 12.1 Å². The van der Waals surface area contributed by atoms with E-state index in [9.17, 15) is 8.78 Å².